The number of carbonyl (C=O) groups excluding carboxylic acids is 1. The summed E-state index contributed by atoms with van der Waals surface area (Å²) in [5, 5.41) is 4.55. The number of hydrogen-bond donors (Lipinski definition) is 1. The normalized spacial score (nSPS) is 17.6. The molecule has 7 nitrogen and oxygen atoms in total. The Morgan fingerprint density at radius 1 is 1.30 bits per heavy atom. The zero-order valence-corrected chi connectivity index (χ0v) is 16.8. The first kappa shape index (κ1) is 19.7. The van der Waals surface area contributed by atoms with E-state index in [1.54, 1.807) is 43.9 Å². The zero-order chi connectivity index (χ0) is 19.4. The average Bonchev–Trinajstić information content (AvgIpc) is 3.38. The van der Waals surface area contributed by atoms with Crippen LogP contribution in [0.3, 0.4) is 0 Å². The van der Waals surface area contributed by atoms with Gasteiger partial charge in [0.2, 0.25) is 5.91 Å². The SMILES string of the molecule is COc1ccc(CNC(=O)[C@@H]2CCCN2S(=O)(=O)c2cccs2)c(OC)c1. The molecule has 2 aromatic rings. The number of nitrogens with zero attached hydrogens (tertiary/aromatic N) is 1. The van der Waals surface area contributed by atoms with E-state index in [9.17, 15) is 13.2 Å². The van der Waals surface area contributed by atoms with Gasteiger partial charge in [0.15, 0.2) is 0 Å². The molecule has 0 saturated carbocycles. The van der Waals surface area contributed by atoms with E-state index in [0.717, 1.165) is 16.9 Å². The maximum Gasteiger partial charge on any atom is 0.253 e. The van der Waals surface area contributed by atoms with Crippen molar-refractivity contribution in [2.45, 2.75) is 29.6 Å². The van der Waals surface area contributed by atoms with Crippen LogP contribution in [-0.4, -0.2) is 45.4 Å². The van der Waals surface area contributed by atoms with Crippen LogP contribution >= 0.6 is 11.3 Å². The van der Waals surface area contributed by atoms with Crippen molar-refractivity contribution in [3.63, 3.8) is 0 Å². The fourth-order valence-corrected chi connectivity index (χ4v) is 5.89. The molecule has 1 fully saturated rings. The van der Waals surface area contributed by atoms with Gasteiger partial charge in [-0.3, -0.25) is 4.79 Å². The molecule has 27 heavy (non-hydrogen) atoms. The molecular weight excluding hydrogens is 388 g/mol. The Bertz CT molecular complexity index is 896. The maximum absolute atomic E-state index is 12.8. The van der Waals surface area contributed by atoms with E-state index in [1.807, 2.05) is 6.07 Å². The third kappa shape index (κ3) is 4.10. The fourth-order valence-electron chi connectivity index (χ4n) is 3.11. The summed E-state index contributed by atoms with van der Waals surface area (Å²) in [5.74, 6) is 0.959. The summed E-state index contributed by atoms with van der Waals surface area (Å²) in [4.78, 5) is 12.7. The van der Waals surface area contributed by atoms with Crippen LogP contribution in [0.2, 0.25) is 0 Å². The molecule has 1 aromatic heterocycles. The molecule has 0 radical (unpaired) electrons. The number of ether oxygens (including phenoxy) is 2. The molecule has 0 unspecified atom stereocenters. The molecule has 1 saturated heterocycles. The van der Waals surface area contributed by atoms with Gasteiger partial charge in [-0.15, -0.1) is 11.3 Å². The smallest absolute Gasteiger partial charge is 0.253 e. The van der Waals surface area contributed by atoms with Crippen LogP contribution in [0.4, 0.5) is 0 Å². The number of amides is 1. The van der Waals surface area contributed by atoms with E-state index in [1.165, 1.54) is 4.31 Å². The van der Waals surface area contributed by atoms with Crippen molar-refractivity contribution in [3.05, 3.63) is 41.3 Å². The summed E-state index contributed by atoms with van der Waals surface area (Å²) in [6.07, 6.45) is 1.17. The summed E-state index contributed by atoms with van der Waals surface area (Å²) in [7, 11) is -0.528. The van der Waals surface area contributed by atoms with Gasteiger partial charge in [0.25, 0.3) is 10.0 Å². The molecule has 1 N–H and O–H groups in total. The van der Waals surface area contributed by atoms with Crippen molar-refractivity contribution in [1.82, 2.24) is 9.62 Å². The minimum atomic E-state index is -3.64. The molecule has 1 aromatic carbocycles. The third-order valence-corrected chi connectivity index (χ3v) is 7.79. The van der Waals surface area contributed by atoms with Gasteiger partial charge in [0.05, 0.1) is 14.2 Å². The highest BCUT2D eigenvalue weighted by Gasteiger charge is 2.39. The first-order chi connectivity index (χ1) is 13.0. The van der Waals surface area contributed by atoms with Crippen molar-refractivity contribution >= 4 is 27.3 Å². The standard InChI is InChI=1S/C18H22N2O5S2/c1-24-14-8-7-13(16(11-14)25-2)12-19-18(21)15-5-3-9-20(15)27(22,23)17-6-4-10-26-17/h4,6-8,10-11,15H,3,5,9,12H2,1-2H3,(H,19,21)/t15-/m0/s1. The number of carbonyl (C=O) groups is 1. The van der Waals surface area contributed by atoms with Crippen LogP contribution in [0.15, 0.2) is 39.9 Å². The van der Waals surface area contributed by atoms with E-state index in [4.69, 9.17) is 9.47 Å². The largest absolute Gasteiger partial charge is 0.497 e. The minimum absolute atomic E-state index is 0.245. The molecule has 9 heteroatoms. The number of hydrogen-bond acceptors (Lipinski definition) is 6. The van der Waals surface area contributed by atoms with Gasteiger partial charge in [0.1, 0.15) is 21.8 Å². The monoisotopic (exact) mass is 410 g/mol. The van der Waals surface area contributed by atoms with E-state index >= 15 is 0 Å². The van der Waals surface area contributed by atoms with Gasteiger partial charge in [-0.1, -0.05) is 6.07 Å². The van der Waals surface area contributed by atoms with Crippen molar-refractivity contribution in [2.24, 2.45) is 0 Å². The Hall–Kier alpha value is -2.10. The number of rotatable bonds is 7. The molecule has 1 atom stereocenters. The van der Waals surface area contributed by atoms with Crippen LogP contribution in [0.5, 0.6) is 11.5 Å². The molecule has 1 amide bonds. The Kier molecular flexibility index (Phi) is 6.03. The topological polar surface area (TPSA) is 84.9 Å². The number of methoxy groups -OCH3 is 2. The average molecular weight is 411 g/mol. The molecule has 2 heterocycles. The highest BCUT2D eigenvalue weighted by molar-refractivity contribution is 7.91. The maximum atomic E-state index is 12.8. The Balaban J connectivity index is 1.71. The van der Waals surface area contributed by atoms with E-state index in [0.29, 0.717) is 30.9 Å². The lowest BCUT2D eigenvalue weighted by Gasteiger charge is -2.23. The molecular formula is C18H22N2O5S2. The zero-order valence-electron chi connectivity index (χ0n) is 15.2. The second-order valence-corrected chi connectivity index (χ2v) is 9.17. The summed E-state index contributed by atoms with van der Waals surface area (Å²) in [5.41, 5.74) is 0.789. The van der Waals surface area contributed by atoms with Gasteiger partial charge in [-0.25, -0.2) is 8.42 Å². The summed E-state index contributed by atoms with van der Waals surface area (Å²) in [6.45, 7) is 0.597. The second-order valence-electron chi connectivity index (χ2n) is 6.10. The van der Waals surface area contributed by atoms with Gasteiger partial charge in [0, 0.05) is 24.7 Å². The van der Waals surface area contributed by atoms with Crippen LogP contribution in [-0.2, 0) is 21.4 Å². The Morgan fingerprint density at radius 2 is 2.11 bits per heavy atom. The number of thiophene rings is 1. The first-order valence-corrected chi connectivity index (χ1v) is 10.8. The van der Waals surface area contributed by atoms with Crippen LogP contribution in [0.1, 0.15) is 18.4 Å². The number of nitrogens with one attached hydrogen (secondary N) is 1. The van der Waals surface area contributed by atoms with Crippen LogP contribution in [0, 0.1) is 0 Å². The van der Waals surface area contributed by atoms with E-state index in [2.05, 4.69) is 5.32 Å². The summed E-state index contributed by atoms with van der Waals surface area (Å²) >= 11 is 1.16. The van der Waals surface area contributed by atoms with Gasteiger partial charge in [-0.2, -0.15) is 4.31 Å². The van der Waals surface area contributed by atoms with Gasteiger partial charge in [-0.05, 0) is 36.4 Å². The van der Waals surface area contributed by atoms with Crippen LogP contribution in [0.25, 0.3) is 0 Å². The Labute approximate surface area is 163 Å². The predicted molar refractivity (Wildman–Crippen MR) is 103 cm³/mol. The van der Waals surface area contributed by atoms with Crippen molar-refractivity contribution in [2.75, 3.05) is 20.8 Å². The van der Waals surface area contributed by atoms with E-state index in [-0.39, 0.29) is 16.7 Å². The number of benzene rings is 1. The second kappa shape index (κ2) is 8.28. The molecule has 0 spiro atoms. The van der Waals surface area contributed by atoms with Gasteiger partial charge < -0.3 is 14.8 Å². The highest BCUT2D eigenvalue weighted by atomic mass is 32.2. The molecule has 0 bridgehead atoms. The fraction of sp³-hybridized carbons (Fsp3) is 0.389. The summed E-state index contributed by atoms with van der Waals surface area (Å²) < 4.78 is 37.6. The highest BCUT2D eigenvalue weighted by Crippen LogP contribution is 2.29. The molecule has 1 aliphatic rings. The summed E-state index contributed by atoms with van der Waals surface area (Å²) in [6, 6.07) is 7.90. The minimum Gasteiger partial charge on any atom is -0.497 e. The molecule has 146 valence electrons. The Morgan fingerprint density at radius 3 is 2.78 bits per heavy atom. The van der Waals surface area contributed by atoms with Gasteiger partial charge >= 0.3 is 0 Å². The van der Waals surface area contributed by atoms with Crippen molar-refractivity contribution < 1.29 is 22.7 Å². The molecule has 0 aliphatic carbocycles. The predicted octanol–water partition coefficient (Wildman–Crippen LogP) is 2.23. The van der Waals surface area contributed by atoms with Crippen molar-refractivity contribution in [1.29, 1.82) is 0 Å². The lowest BCUT2D eigenvalue weighted by molar-refractivity contribution is -0.124. The third-order valence-electron chi connectivity index (χ3n) is 4.51. The molecule has 1 aliphatic heterocycles. The van der Waals surface area contributed by atoms with Crippen LogP contribution < -0.4 is 14.8 Å². The quantitative estimate of drug-likeness (QED) is 0.757. The molecule has 3 rings (SSSR count). The lowest BCUT2D eigenvalue weighted by Crippen LogP contribution is -2.45. The van der Waals surface area contributed by atoms with E-state index < -0.39 is 16.1 Å². The van der Waals surface area contributed by atoms with Crippen molar-refractivity contribution in [3.8, 4) is 11.5 Å². The first-order valence-electron chi connectivity index (χ1n) is 8.51. The number of sulfonamides is 1. The lowest BCUT2D eigenvalue weighted by atomic mass is 10.1.